The van der Waals surface area contributed by atoms with E-state index in [0.29, 0.717) is 0 Å². The van der Waals surface area contributed by atoms with Crippen LogP contribution in [0.25, 0.3) is 0 Å². The molecule has 0 aromatic rings. The maximum absolute atomic E-state index is 5.83. The predicted molar refractivity (Wildman–Crippen MR) is 67.4 cm³/mol. The Morgan fingerprint density at radius 1 is 1.27 bits per heavy atom. The Morgan fingerprint density at radius 2 is 1.87 bits per heavy atom. The van der Waals surface area contributed by atoms with Crippen LogP contribution in [-0.4, -0.2) is 0 Å². The molecule has 82 valence electrons. The maximum atomic E-state index is 5.83. The highest BCUT2D eigenvalue weighted by molar-refractivity contribution is 5.52. The van der Waals surface area contributed by atoms with Crippen molar-refractivity contribution in [2.75, 3.05) is 0 Å². The molecule has 0 radical (unpaired) electrons. The molecule has 0 bridgehead atoms. The second kappa shape index (κ2) is 4.52. The van der Waals surface area contributed by atoms with Crippen LogP contribution in [0, 0.1) is 0 Å². The number of nitrogens with two attached hydrogens (primary N) is 1. The topological polar surface area (TPSA) is 26.0 Å². The monoisotopic (exact) mass is 203 g/mol. The van der Waals surface area contributed by atoms with Gasteiger partial charge in [0.2, 0.25) is 0 Å². The van der Waals surface area contributed by atoms with E-state index in [-0.39, 0.29) is 0 Å². The lowest BCUT2D eigenvalue weighted by molar-refractivity contribution is 0.879. The average Bonchev–Trinajstić information content (AvgIpc) is 2.08. The first-order chi connectivity index (χ1) is 6.93. The van der Waals surface area contributed by atoms with E-state index in [0.717, 1.165) is 24.1 Å². The van der Waals surface area contributed by atoms with Gasteiger partial charge in [-0.05, 0) is 63.3 Å². The zero-order valence-corrected chi connectivity index (χ0v) is 10.3. The molecule has 1 aliphatic rings. The maximum Gasteiger partial charge on any atom is 0.00865 e. The van der Waals surface area contributed by atoms with Crippen molar-refractivity contribution in [3.63, 3.8) is 0 Å². The molecular weight excluding hydrogens is 182 g/mol. The van der Waals surface area contributed by atoms with E-state index < -0.39 is 0 Å². The Labute approximate surface area is 93.1 Å². The molecule has 1 aliphatic carbocycles. The van der Waals surface area contributed by atoms with Gasteiger partial charge < -0.3 is 5.73 Å². The lowest BCUT2D eigenvalue weighted by atomic mass is 9.86. The molecule has 0 fully saturated rings. The van der Waals surface area contributed by atoms with Crippen molar-refractivity contribution in [3.05, 3.63) is 46.2 Å². The lowest BCUT2D eigenvalue weighted by Gasteiger charge is -2.20. The number of hydrogen-bond acceptors (Lipinski definition) is 1. The van der Waals surface area contributed by atoms with Gasteiger partial charge in [0, 0.05) is 5.70 Å². The van der Waals surface area contributed by atoms with E-state index in [2.05, 4.69) is 40.3 Å². The molecule has 0 unspecified atom stereocenters. The number of rotatable bonds is 2. The van der Waals surface area contributed by atoms with E-state index in [1.165, 1.54) is 22.3 Å². The van der Waals surface area contributed by atoms with Crippen molar-refractivity contribution < 1.29 is 0 Å². The third-order valence-electron chi connectivity index (χ3n) is 2.77. The SMILES string of the molecule is C=C(C)C(=C(C)C)C1=C(C)C=C(N)CC1. The first-order valence-corrected chi connectivity index (χ1v) is 5.43. The van der Waals surface area contributed by atoms with E-state index in [9.17, 15) is 0 Å². The molecule has 2 N–H and O–H groups in total. The Kier molecular flexibility index (Phi) is 3.57. The van der Waals surface area contributed by atoms with Crippen LogP contribution in [-0.2, 0) is 0 Å². The second-order valence-corrected chi connectivity index (χ2v) is 4.54. The number of allylic oxidation sites excluding steroid dienone is 7. The zero-order chi connectivity index (χ0) is 11.6. The van der Waals surface area contributed by atoms with Gasteiger partial charge in [-0.15, -0.1) is 0 Å². The van der Waals surface area contributed by atoms with Crippen LogP contribution in [0.5, 0.6) is 0 Å². The average molecular weight is 203 g/mol. The van der Waals surface area contributed by atoms with Crippen molar-refractivity contribution in [2.24, 2.45) is 5.73 Å². The van der Waals surface area contributed by atoms with Gasteiger partial charge in [-0.2, -0.15) is 0 Å². The third-order valence-corrected chi connectivity index (χ3v) is 2.77. The fourth-order valence-electron chi connectivity index (χ4n) is 2.21. The first-order valence-electron chi connectivity index (χ1n) is 5.43. The largest absolute Gasteiger partial charge is 0.402 e. The highest BCUT2D eigenvalue weighted by Gasteiger charge is 2.14. The molecule has 1 heteroatoms. The fraction of sp³-hybridized carbons (Fsp3) is 0.429. The zero-order valence-electron chi connectivity index (χ0n) is 10.3. The summed E-state index contributed by atoms with van der Waals surface area (Å²) in [4.78, 5) is 0. The smallest absolute Gasteiger partial charge is 0.00865 e. The minimum atomic E-state index is 0.969. The molecule has 0 saturated heterocycles. The van der Waals surface area contributed by atoms with E-state index in [1.807, 2.05) is 0 Å². The second-order valence-electron chi connectivity index (χ2n) is 4.54. The van der Waals surface area contributed by atoms with Gasteiger partial charge in [-0.1, -0.05) is 17.7 Å². The predicted octanol–water partition coefficient (Wildman–Crippen LogP) is 3.85. The summed E-state index contributed by atoms with van der Waals surface area (Å²) in [6.45, 7) is 12.6. The Bertz CT molecular complexity index is 374. The molecule has 0 heterocycles. The van der Waals surface area contributed by atoms with E-state index in [1.54, 1.807) is 0 Å². The molecule has 0 spiro atoms. The summed E-state index contributed by atoms with van der Waals surface area (Å²) in [5.74, 6) is 0. The van der Waals surface area contributed by atoms with Gasteiger partial charge >= 0.3 is 0 Å². The Hall–Kier alpha value is -1.24. The van der Waals surface area contributed by atoms with Crippen molar-refractivity contribution in [3.8, 4) is 0 Å². The van der Waals surface area contributed by atoms with Gasteiger partial charge in [0.1, 0.15) is 0 Å². The van der Waals surface area contributed by atoms with Crippen molar-refractivity contribution in [1.82, 2.24) is 0 Å². The van der Waals surface area contributed by atoms with Crippen LogP contribution in [0.3, 0.4) is 0 Å². The van der Waals surface area contributed by atoms with Crippen LogP contribution in [0.4, 0.5) is 0 Å². The van der Waals surface area contributed by atoms with Gasteiger partial charge in [0.25, 0.3) is 0 Å². The van der Waals surface area contributed by atoms with Crippen LogP contribution >= 0.6 is 0 Å². The van der Waals surface area contributed by atoms with Crippen LogP contribution in [0.15, 0.2) is 46.2 Å². The Morgan fingerprint density at radius 3 is 2.27 bits per heavy atom. The molecule has 0 aliphatic heterocycles. The highest BCUT2D eigenvalue weighted by Crippen LogP contribution is 2.32. The Balaban J connectivity index is 3.23. The van der Waals surface area contributed by atoms with Crippen molar-refractivity contribution in [1.29, 1.82) is 0 Å². The lowest BCUT2D eigenvalue weighted by Crippen LogP contribution is -2.07. The fourth-order valence-corrected chi connectivity index (χ4v) is 2.21. The molecule has 0 saturated carbocycles. The summed E-state index contributed by atoms with van der Waals surface area (Å²) in [7, 11) is 0. The molecule has 15 heavy (non-hydrogen) atoms. The first kappa shape index (κ1) is 11.8. The third kappa shape index (κ3) is 2.62. The van der Waals surface area contributed by atoms with E-state index >= 15 is 0 Å². The summed E-state index contributed by atoms with van der Waals surface area (Å²) in [6, 6.07) is 0. The molecule has 1 rings (SSSR count). The normalized spacial score (nSPS) is 16.1. The summed E-state index contributed by atoms with van der Waals surface area (Å²) in [6.07, 6.45) is 4.10. The summed E-state index contributed by atoms with van der Waals surface area (Å²) in [5, 5.41) is 0. The standard InChI is InChI=1S/C14H21N/c1-9(2)14(10(3)4)13-7-6-12(15)8-11(13)5/h8H,1,6-7,15H2,2-5H3. The van der Waals surface area contributed by atoms with Gasteiger partial charge in [0.15, 0.2) is 0 Å². The van der Waals surface area contributed by atoms with Gasteiger partial charge in [-0.25, -0.2) is 0 Å². The van der Waals surface area contributed by atoms with Crippen molar-refractivity contribution in [2.45, 2.75) is 40.5 Å². The molecule has 0 aromatic carbocycles. The van der Waals surface area contributed by atoms with E-state index in [4.69, 9.17) is 5.73 Å². The summed E-state index contributed by atoms with van der Waals surface area (Å²) < 4.78 is 0. The van der Waals surface area contributed by atoms with Crippen molar-refractivity contribution >= 4 is 0 Å². The van der Waals surface area contributed by atoms with Crippen LogP contribution in [0.1, 0.15) is 40.5 Å². The molecule has 0 amide bonds. The van der Waals surface area contributed by atoms with Crippen LogP contribution < -0.4 is 5.73 Å². The summed E-state index contributed by atoms with van der Waals surface area (Å²) in [5.41, 5.74) is 13.3. The molecule has 1 nitrogen and oxygen atoms in total. The van der Waals surface area contributed by atoms with Gasteiger partial charge in [-0.3, -0.25) is 0 Å². The van der Waals surface area contributed by atoms with Crippen LogP contribution in [0.2, 0.25) is 0 Å². The van der Waals surface area contributed by atoms with Gasteiger partial charge in [0.05, 0.1) is 0 Å². The highest BCUT2D eigenvalue weighted by atomic mass is 14.6. The number of hydrogen-bond donors (Lipinski definition) is 1. The minimum absolute atomic E-state index is 0.969. The summed E-state index contributed by atoms with van der Waals surface area (Å²) >= 11 is 0. The molecular formula is C14H21N. The minimum Gasteiger partial charge on any atom is -0.402 e. The molecule has 0 aromatic heterocycles. The quantitative estimate of drug-likeness (QED) is 0.678. The molecule has 0 atom stereocenters.